The van der Waals surface area contributed by atoms with Gasteiger partial charge < -0.3 is 0 Å². The van der Waals surface area contributed by atoms with Crippen LogP contribution in [0, 0.1) is 6.92 Å². The first-order valence-electron chi connectivity index (χ1n) is 6.43. The van der Waals surface area contributed by atoms with Crippen LogP contribution in [0.4, 0.5) is 0 Å². The standard InChI is InChI=1S/C17H11Cl2NO/c1-10-15(17(19)21)13-4-2-3-5-14(13)20-16(10)11-6-8-12(18)9-7-11/h2-9H,1H3. The Hall–Kier alpha value is -1.90. The summed E-state index contributed by atoms with van der Waals surface area (Å²) in [6.07, 6.45) is 0. The highest BCUT2D eigenvalue weighted by atomic mass is 35.5. The van der Waals surface area contributed by atoms with Crippen molar-refractivity contribution >= 4 is 39.3 Å². The number of benzene rings is 2. The molecule has 0 N–H and O–H groups in total. The highest BCUT2D eigenvalue weighted by Crippen LogP contribution is 2.31. The Kier molecular flexibility index (Phi) is 3.66. The Balaban J connectivity index is 2.36. The number of para-hydroxylation sites is 1. The first-order chi connectivity index (χ1) is 10.1. The van der Waals surface area contributed by atoms with Crippen molar-refractivity contribution in [2.45, 2.75) is 6.92 Å². The molecule has 0 saturated carbocycles. The number of carbonyl (C=O) groups is 1. The van der Waals surface area contributed by atoms with Gasteiger partial charge in [-0.05, 0) is 42.3 Å². The second-order valence-corrected chi connectivity index (χ2v) is 5.54. The summed E-state index contributed by atoms with van der Waals surface area (Å²) in [5.74, 6) is 0. The van der Waals surface area contributed by atoms with Gasteiger partial charge in [-0.3, -0.25) is 4.79 Å². The second kappa shape index (κ2) is 5.47. The summed E-state index contributed by atoms with van der Waals surface area (Å²) in [5.41, 5.74) is 3.68. The molecule has 4 heteroatoms. The number of nitrogens with zero attached hydrogens (tertiary/aromatic N) is 1. The summed E-state index contributed by atoms with van der Waals surface area (Å²) >= 11 is 11.7. The molecule has 0 bridgehead atoms. The van der Waals surface area contributed by atoms with Crippen molar-refractivity contribution in [2.24, 2.45) is 0 Å². The smallest absolute Gasteiger partial charge is 0.253 e. The fraction of sp³-hybridized carbons (Fsp3) is 0.0588. The lowest BCUT2D eigenvalue weighted by Crippen LogP contribution is -2.01. The van der Waals surface area contributed by atoms with E-state index in [9.17, 15) is 4.79 Å². The molecule has 0 saturated heterocycles. The lowest BCUT2D eigenvalue weighted by Gasteiger charge is -2.12. The van der Waals surface area contributed by atoms with Crippen molar-refractivity contribution in [2.75, 3.05) is 0 Å². The number of fused-ring (bicyclic) bond motifs is 1. The minimum atomic E-state index is -0.471. The summed E-state index contributed by atoms with van der Waals surface area (Å²) in [4.78, 5) is 16.5. The SMILES string of the molecule is Cc1c(-c2ccc(Cl)cc2)nc2ccccc2c1C(=O)Cl. The van der Waals surface area contributed by atoms with Gasteiger partial charge in [0.2, 0.25) is 0 Å². The van der Waals surface area contributed by atoms with E-state index in [4.69, 9.17) is 23.2 Å². The number of aromatic nitrogens is 1. The molecule has 1 heterocycles. The summed E-state index contributed by atoms with van der Waals surface area (Å²) in [5, 5.41) is 0.958. The molecule has 0 spiro atoms. The lowest BCUT2D eigenvalue weighted by molar-refractivity contribution is 0.108. The highest BCUT2D eigenvalue weighted by molar-refractivity contribution is 6.68. The van der Waals surface area contributed by atoms with E-state index in [2.05, 4.69) is 4.98 Å². The normalized spacial score (nSPS) is 10.8. The molecule has 0 aliphatic heterocycles. The largest absolute Gasteiger partial charge is 0.276 e. The molecular weight excluding hydrogens is 305 g/mol. The molecular formula is C17H11Cl2NO. The third-order valence-corrected chi connectivity index (χ3v) is 3.89. The van der Waals surface area contributed by atoms with Crippen LogP contribution in [-0.2, 0) is 0 Å². The average Bonchev–Trinajstić information content (AvgIpc) is 2.47. The van der Waals surface area contributed by atoms with Gasteiger partial charge in [0, 0.05) is 21.5 Å². The Morgan fingerprint density at radius 1 is 1.05 bits per heavy atom. The quantitative estimate of drug-likeness (QED) is 0.605. The fourth-order valence-corrected chi connectivity index (χ4v) is 2.82. The van der Waals surface area contributed by atoms with E-state index in [1.165, 1.54) is 0 Å². The van der Waals surface area contributed by atoms with Crippen LogP contribution in [0.25, 0.3) is 22.2 Å². The van der Waals surface area contributed by atoms with Crippen LogP contribution in [0.5, 0.6) is 0 Å². The van der Waals surface area contributed by atoms with Crippen molar-refractivity contribution in [3.05, 3.63) is 64.7 Å². The monoisotopic (exact) mass is 315 g/mol. The van der Waals surface area contributed by atoms with Crippen LogP contribution in [0.15, 0.2) is 48.5 Å². The van der Waals surface area contributed by atoms with E-state index in [1.54, 1.807) is 12.1 Å². The Morgan fingerprint density at radius 3 is 2.38 bits per heavy atom. The van der Waals surface area contributed by atoms with Crippen LogP contribution in [0.3, 0.4) is 0 Å². The zero-order valence-electron chi connectivity index (χ0n) is 11.2. The van der Waals surface area contributed by atoms with Crippen molar-refractivity contribution in [3.63, 3.8) is 0 Å². The van der Waals surface area contributed by atoms with E-state index in [1.807, 2.05) is 43.3 Å². The van der Waals surface area contributed by atoms with Gasteiger partial charge in [0.25, 0.3) is 5.24 Å². The molecule has 0 fully saturated rings. The number of halogens is 2. The number of pyridine rings is 1. The highest BCUT2D eigenvalue weighted by Gasteiger charge is 2.17. The van der Waals surface area contributed by atoms with Crippen molar-refractivity contribution < 1.29 is 4.79 Å². The van der Waals surface area contributed by atoms with Crippen LogP contribution < -0.4 is 0 Å². The van der Waals surface area contributed by atoms with Crippen LogP contribution in [-0.4, -0.2) is 10.2 Å². The van der Waals surface area contributed by atoms with E-state index in [-0.39, 0.29) is 0 Å². The van der Waals surface area contributed by atoms with Gasteiger partial charge in [0.1, 0.15) is 0 Å². The van der Waals surface area contributed by atoms with Gasteiger partial charge in [-0.1, -0.05) is 41.9 Å². The molecule has 0 aliphatic carbocycles. The third-order valence-electron chi connectivity index (χ3n) is 3.45. The van der Waals surface area contributed by atoms with Crippen LogP contribution in [0.2, 0.25) is 5.02 Å². The van der Waals surface area contributed by atoms with Crippen molar-refractivity contribution in [1.82, 2.24) is 4.98 Å². The molecule has 21 heavy (non-hydrogen) atoms. The topological polar surface area (TPSA) is 30.0 Å². The Bertz CT molecular complexity index is 841. The first kappa shape index (κ1) is 14.1. The minimum absolute atomic E-state index is 0.471. The summed E-state index contributed by atoms with van der Waals surface area (Å²) in [6, 6.07) is 14.9. The van der Waals surface area contributed by atoms with E-state index >= 15 is 0 Å². The van der Waals surface area contributed by atoms with Gasteiger partial charge in [-0.25, -0.2) is 4.98 Å². The molecule has 3 rings (SSSR count). The number of hydrogen-bond donors (Lipinski definition) is 0. The lowest BCUT2D eigenvalue weighted by atomic mass is 9.98. The summed E-state index contributed by atoms with van der Waals surface area (Å²) in [6.45, 7) is 1.86. The summed E-state index contributed by atoms with van der Waals surface area (Å²) < 4.78 is 0. The molecule has 2 aromatic carbocycles. The van der Waals surface area contributed by atoms with Gasteiger partial charge in [0.05, 0.1) is 11.2 Å². The molecule has 1 aromatic heterocycles. The first-order valence-corrected chi connectivity index (χ1v) is 7.18. The fourth-order valence-electron chi connectivity index (χ4n) is 2.45. The number of carbonyl (C=O) groups excluding carboxylic acids is 1. The van der Waals surface area contributed by atoms with Crippen LogP contribution in [0.1, 0.15) is 15.9 Å². The predicted molar refractivity (Wildman–Crippen MR) is 87.1 cm³/mol. The third kappa shape index (κ3) is 2.53. The maximum absolute atomic E-state index is 11.8. The molecule has 0 radical (unpaired) electrons. The molecule has 2 nitrogen and oxygen atoms in total. The van der Waals surface area contributed by atoms with Crippen LogP contribution >= 0.6 is 23.2 Å². The van der Waals surface area contributed by atoms with E-state index in [0.717, 1.165) is 27.7 Å². The van der Waals surface area contributed by atoms with Crippen molar-refractivity contribution in [3.8, 4) is 11.3 Å². The molecule has 0 aliphatic rings. The maximum atomic E-state index is 11.8. The van der Waals surface area contributed by atoms with E-state index in [0.29, 0.717) is 10.6 Å². The Morgan fingerprint density at radius 2 is 1.71 bits per heavy atom. The molecule has 3 aromatic rings. The zero-order valence-corrected chi connectivity index (χ0v) is 12.7. The van der Waals surface area contributed by atoms with Crippen molar-refractivity contribution in [1.29, 1.82) is 0 Å². The van der Waals surface area contributed by atoms with Gasteiger partial charge in [0.15, 0.2) is 0 Å². The minimum Gasteiger partial charge on any atom is -0.276 e. The number of hydrogen-bond acceptors (Lipinski definition) is 2. The van der Waals surface area contributed by atoms with Gasteiger partial charge >= 0.3 is 0 Å². The molecule has 0 unspecified atom stereocenters. The van der Waals surface area contributed by atoms with Gasteiger partial charge in [-0.15, -0.1) is 0 Å². The molecule has 0 atom stereocenters. The predicted octanol–water partition coefficient (Wildman–Crippen LogP) is 5.24. The summed E-state index contributed by atoms with van der Waals surface area (Å²) in [7, 11) is 0. The molecule has 104 valence electrons. The number of rotatable bonds is 2. The molecule has 0 amide bonds. The zero-order chi connectivity index (χ0) is 15.0. The van der Waals surface area contributed by atoms with Gasteiger partial charge in [-0.2, -0.15) is 0 Å². The average molecular weight is 316 g/mol. The van der Waals surface area contributed by atoms with E-state index < -0.39 is 5.24 Å². The Labute approximate surface area is 132 Å². The maximum Gasteiger partial charge on any atom is 0.253 e. The second-order valence-electron chi connectivity index (χ2n) is 4.76.